The highest BCUT2D eigenvalue weighted by Gasteiger charge is 2.30. The molecule has 0 aliphatic carbocycles. The average molecular weight is 467 g/mol. The first-order valence-corrected chi connectivity index (χ1v) is 10.9. The van der Waals surface area contributed by atoms with Crippen LogP contribution in [0.25, 0.3) is 11.1 Å². The molecule has 34 heavy (non-hydrogen) atoms. The average Bonchev–Trinajstić information content (AvgIpc) is 2.83. The van der Waals surface area contributed by atoms with Crippen LogP contribution < -0.4 is 10.6 Å². The minimum absolute atomic E-state index is 0.0287. The Hall–Kier alpha value is -3.65. The number of hydrogen-bond acceptors (Lipinski definition) is 3. The van der Waals surface area contributed by atoms with Gasteiger partial charge in [-0.25, -0.2) is 0 Å². The van der Waals surface area contributed by atoms with Gasteiger partial charge < -0.3 is 10.6 Å². The Morgan fingerprint density at radius 3 is 2.41 bits per heavy atom. The van der Waals surface area contributed by atoms with E-state index in [0.717, 1.165) is 36.2 Å². The van der Waals surface area contributed by atoms with Gasteiger partial charge in [0.2, 0.25) is 5.91 Å². The summed E-state index contributed by atoms with van der Waals surface area (Å²) in [4.78, 5) is 26.8. The van der Waals surface area contributed by atoms with E-state index >= 15 is 0 Å². The maximum Gasteiger partial charge on any atom is 0.416 e. The van der Waals surface area contributed by atoms with Gasteiger partial charge >= 0.3 is 6.18 Å². The molecule has 5 nitrogen and oxygen atoms in total. The maximum atomic E-state index is 13.1. The third-order valence-corrected chi connectivity index (χ3v) is 5.90. The van der Waals surface area contributed by atoms with Crippen molar-refractivity contribution in [3.8, 4) is 11.1 Å². The number of carbonyl (C=O) groups excluding carboxylic acids is 2. The third kappa shape index (κ3) is 5.28. The number of carbonyl (C=O) groups is 2. The van der Waals surface area contributed by atoms with Gasteiger partial charge in [-0.2, -0.15) is 13.2 Å². The van der Waals surface area contributed by atoms with Crippen LogP contribution in [-0.4, -0.2) is 36.9 Å². The summed E-state index contributed by atoms with van der Waals surface area (Å²) in [7, 11) is 1.62. The highest BCUT2D eigenvalue weighted by Crippen LogP contribution is 2.32. The van der Waals surface area contributed by atoms with E-state index in [2.05, 4.69) is 15.5 Å². The summed E-state index contributed by atoms with van der Waals surface area (Å²) in [6.07, 6.45) is -3.65. The lowest BCUT2D eigenvalue weighted by Crippen LogP contribution is -2.38. The molecule has 3 aromatic rings. The molecule has 2 N–H and O–H groups in total. The number of hydrogen-bond donors (Lipinski definition) is 2. The van der Waals surface area contributed by atoms with Crippen LogP contribution >= 0.6 is 0 Å². The van der Waals surface area contributed by atoms with Crippen molar-refractivity contribution >= 4 is 17.5 Å². The Kier molecular flexibility index (Phi) is 6.70. The van der Waals surface area contributed by atoms with Crippen LogP contribution in [0.3, 0.4) is 0 Å². The minimum atomic E-state index is -4.42. The molecule has 4 rings (SSSR count). The molecule has 0 saturated carbocycles. The second kappa shape index (κ2) is 9.69. The molecule has 0 spiro atoms. The second-order valence-corrected chi connectivity index (χ2v) is 8.19. The van der Waals surface area contributed by atoms with Gasteiger partial charge in [0, 0.05) is 31.4 Å². The standard InChI is InChI=1S/C26H24F3N3O2/c1-30-24(33)16-32-13-12-18-14-21(11-8-19(18)15-32)31-25(34)23-5-3-2-4-22(23)17-6-9-20(10-7-17)26(27,28)29/h2-11,14H,12-13,15-16H2,1H3,(H,30,33)(H,31,34). The molecule has 2 amide bonds. The molecule has 176 valence electrons. The van der Waals surface area contributed by atoms with Gasteiger partial charge in [0.15, 0.2) is 0 Å². The predicted octanol–water partition coefficient (Wildman–Crippen LogP) is 4.73. The van der Waals surface area contributed by atoms with E-state index < -0.39 is 11.7 Å². The van der Waals surface area contributed by atoms with Crippen LogP contribution in [0.2, 0.25) is 0 Å². The lowest BCUT2D eigenvalue weighted by Gasteiger charge is -2.28. The van der Waals surface area contributed by atoms with Gasteiger partial charge in [-0.05, 0) is 59.0 Å². The monoisotopic (exact) mass is 467 g/mol. The Morgan fingerprint density at radius 2 is 1.71 bits per heavy atom. The lowest BCUT2D eigenvalue weighted by atomic mass is 9.97. The molecule has 3 aromatic carbocycles. The molecule has 0 unspecified atom stereocenters. The first-order chi connectivity index (χ1) is 16.2. The normalized spacial score (nSPS) is 13.8. The highest BCUT2D eigenvalue weighted by molar-refractivity contribution is 6.08. The third-order valence-electron chi connectivity index (χ3n) is 5.90. The number of benzene rings is 3. The fourth-order valence-electron chi connectivity index (χ4n) is 4.08. The molecular formula is C26H24F3N3O2. The summed E-state index contributed by atoms with van der Waals surface area (Å²) in [6, 6.07) is 17.3. The first kappa shape index (κ1) is 23.5. The Bertz CT molecular complexity index is 1210. The fourth-order valence-corrected chi connectivity index (χ4v) is 4.08. The molecule has 0 aromatic heterocycles. The number of alkyl halides is 3. The van der Waals surface area contributed by atoms with E-state index in [1.54, 1.807) is 31.3 Å². The van der Waals surface area contributed by atoms with Gasteiger partial charge in [-0.1, -0.05) is 36.4 Å². The Labute approximate surface area is 195 Å². The minimum Gasteiger partial charge on any atom is -0.358 e. The number of likely N-dealkylation sites (N-methyl/N-ethyl adjacent to an activating group) is 1. The molecule has 8 heteroatoms. The van der Waals surface area contributed by atoms with Crippen LogP contribution in [-0.2, 0) is 23.9 Å². The number of anilines is 1. The smallest absolute Gasteiger partial charge is 0.358 e. The molecule has 1 aliphatic rings. The summed E-state index contributed by atoms with van der Waals surface area (Å²) in [5.74, 6) is -0.369. The molecule has 0 fully saturated rings. The molecule has 1 heterocycles. The fraction of sp³-hybridized carbons (Fsp3) is 0.231. The van der Waals surface area contributed by atoms with Crippen molar-refractivity contribution in [3.63, 3.8) is 0 Å². The molecule has 0 bridgehead atoms. The SMILES string of the molecule is CNC(=O)CN1CCc2cc(NC(=O)c3ccccc3-c3ccc(C(F)(F)F)cc3)ccc2C1. The highest BCUT2D eigenvalue weighted by atomic mass is 19.4. The molecule has 0 atom stereocenters. The van der Waals surface area contributed by atoms with E-state index in [9.17, 15) is 22.8 Å². The van der Waals surface area contributed by atoms with Crippen molar-refractivity contribution in [1.29, 1.82) is 0 Å². The zero-order valence-corrected chi connectivity index (χ0v) is 18.6. The molecule has 0 radical (unpaired) electrons. The molecule has 1 aliphatic heterocycles. The van der Waals surface area contributed by atoms with E-state index in [1.165, 1.54) is 12.1 Å². The quantitative estimate of drug-likeness (QED) is 0.571. The van der Waals surface area contributed by atoms with Crippen molar-refractivity contribution in [2.45, 2.75) is 19.1 Å². The van der Waals surface area contributed by atoms with Gasteiger partial charge in [0.05, 0.1) is 12.1 Å². The number of nitrogens with one attached hydrogen (secondary N) is 2. The number of halogens is 3. The van der Waals surface area contributed by atoms with Crippen LogP contribution in [0.5, 0.6) is 0 Å². The van der Waals surface area contributed by atoms with Crippen LogP contribution in [0.1, 0.15) is 27.0 Å². The summed E-state index contributed by atoms with van der Waals surface area (Å²) in [5.41, 5.74) is 3.58. The topological polar surface area (TPSA) is 61.4 Å². The summed E-state index contributed by atoms with van der Waals surface area (Å²) in [6.45, 7) is 1.75. The first-order valence-electron chi connectivity index (χ1n) is 10.9. The van der Waals surface area contributed by atoms with Crippen molar-refractivity contribution in [2.75, 3.05) is 25.5 Å². The van der Waals surface area contributed by atoms with Crippen molar-refractivity contribution in [3.05, 3.63) is 89.0 Å². The zero-order chi connectivity index (χ0) is 24.3. The van der Waals surface area contributed by atoms with Crippen LogP contribution in [0, 0.1) is 0 Å². The second-order valence-electron chi connectivity index (χ2n) is 8.19. The van der Waals surface area contributed by atoms with Gasteiger partial charge in [0.25, 0.3) is 5.91 Å². The zero-order valence-electron chi connectivity index (χ0n) is 18.6. The largest absolute Gasteiger partial charge is 0.416 e. The summed E-state index contributed by atoms with van der Waals surface area (Å²) < 4.78 is 38.7. The van der Waals surface area contributed by atoms with Crippen LogP contribution in [0.4, 0.5) is 18.9 Å². The molecule has 0 saturated heterocycles. The summed E-state index contributed by atoms with van der Waals surface area (Å²) in [5, 5.41) is 5.54. The van der Waals surface area contributed by atoms with Gasteiger partial charge in [-0.3, -0.25) is 14.5 Å². The van der Waals surface area contributed by atoms with Crippen LogP contribution in [0.15, 0.2) is 66.7 Å². The van der Waals surface area contributed by atoms with E-state index in [-0.39, 0.29) is 11.8 Å². The lowest BCUT2D eigenvalue weighted by molar-refractivity contribution is -0.137. The predicted molar refractivity (Wildman–Crippen MR) is 124 cm³/mol. The summed E-state index contributed by atoms with van der Waals surface area (Å²) >= 11 is 0. The Morgan fingerprint density at radius 1 is 0.971 bits per heavy atom. The number of rotatable bonds is 5. The van der Waals surface area contributed by atoms with Crippen molar-refractivity contribution in [1.82, 2.24) is 10.2 Å². The number of fused-ring (bicyclic) bond motifs is 1. The Balaban J connectivity index is 1.51. The van der Waals surface area contributed by atoms with Crippen molar-refractivity contribution < 1.29 is 22.8 Å². The van der Waals surface area contributed by atoms with Gasteiger partial charge in [0.1, 0.15) is 0 Å². The van der Waals surface area contributed by atoms with E-state index in [4.69, 9.17) is 0 Å². The van der Waals surface area contributed by atoms with E-state index in [0.29, 0.717) is 35.5 Å². The number of amides is 2. The van der Waals surface area contributed by atoms with Crippen molar-refractivity contribution in [2.24, 2.45) is 0 Å². The van der Waals surface area contributed by atoms with E-state index in [1.807, 2.05) is 18.2 Å². The number of nitrogens with zero attached hydrogens (tertiary/aromatic N) is 1. The molecular weight excluding hydrogens is 443 g/mol. The van der Waals surface area contributed by atoms with Gasteiger partial charge in [-0.15, -0.1) is 0 Å². The maximum absolute atomic E-state index is 13.1.